The number of amides is 1. The van der Waals surface area contributed by atoms with E-state index >= 15 is 0 Å². The Kier molecular flexibility index (Phi) is 18.1. The van der Waals surface area contributed by atoms with Crippen LogP contribution in [-0.2, 0) is 0 Å². The van der Waals surface area contributed by atoms with Crippen LogP contribution < -0.4 is 20.2 Å². The Morgan fingerprint density at radius 2 is 1.11 bits per heavy atom. The molecule has 2 aromatic rings. The smallest absolute Gasteiger partial charge is 0.252 e. The van der Waals surface area contributed by atoms with E-state index in [2.05, 4.69) is 46.9 Å². The van der Waals surface area contributed by atoms with Gasteiger partial charge in [0.05, 0.1) is 45.2 Å². The highest BCUT2D eigenvalue weighted by Crippen LogP contribution is 2.33. The van der Waals surface area contributed by atoms with Crippen LogP contribution in [0, 0.1) is 12.8 Å². The molecule has 2 fully saturated rings. The summed E-state index contributed by atoms with van der Waals surface area (Å²) in [6.45, 7) is 22.8. The van der Waals surface area contributed by atoms with Crippen LogP contribution in [0.1, 0.15) is 149 Å². The Morgan fingerprint density at radius 1 is 0.652 bits per heavy atom. The minimum atomic E-state index is -1.33. The number of hydrogen-bond donors (Lipinski definition) is 3. The molecule has 4 rings (SSSR count). The lowest BCUT2D eigenvalue weighted by atomic mass is 9.83. The molecule has 2 aromatic carbocycles. The first-order chi connectivity index (χ1) is 22.1. The van der Waals surface area contributed by atoms with Gasteiger partial charge in [-0.15, -0.1) is 0 Å². The zero-order valence-corrected chi connectivity index (χ0v) is 30.1. The fourth-order valence-electron chi connectivity index (χ4n) is 7.03. The second-order valence-corrected chi connectivity index (χ2v) is 13.2. The van der Waals surface area contributed by atoms with E-state index in [-0.39, 0.29) is 23.3 Å². The first kappa shape index (κ1) is 39.4. The first-order valence-electron chi connectivity index (χ1n) is 18.4. The number of rotatable bonds is 12. The van der Waals surface area contributed by atoms with Gasteiger partial charge in [-0.25, -0.2) is 0 Å². The molecule has 0 spiro atoms. The quantitative estimate of drug-likeness (QED) is 0.297. The van der Waals surface area contributed by atoms with E-state index in [1.165, 1.54) is 58.2 Å². The van der Waals surface area contributed by atoms with Crippen molar-refractivity contribution in [1.29, 1.82) is 0 Å². The normalized spacial score (nSPS) is 15.6. The van der Waals surface area contributed by atoms with Crippen LogP contribution in [0.2, 0.25) is 0 Å². The van der Waals surface area contributed by atoms with Gasteiger partial charge in [-0.1, -0.05) is 69.6 Å². The molecule has 0 saturated heterocycles. The van der Waals surface area contributed by atoms with E-state index in [9.17, 15) is 19.5 Å². The summed E-state index contributed by atoms with van der Waals surface area (Å²) in [5.41, 5.74) is 1.58. The van der Waals surface area contributed by atoms with Crippen LogP contribution in [0.25, 0.3) is 10.8 Å². The van der Waals surface area contributed by atoms with Gasteiger partial charge in [0, 0.05) is 34.5 Å². The molecule has 2 aliphatic rings. The van der Waals surface area contributed by atoms with Crippen molar-refractivity contribution < 1.29 is 29.3 Å². The molecule has 3 N–H and O–H groups in total. The van der Waals surface area contributed by atoms with E-state index in [1.54, 1.807) is 21.9 Å². The SMILES string of the molecule is CC[NH+](CC)CC.CC[NH+](CC)CC.Cc1ccc(C(=O)CC2CCCCC2)c2c(C(=O)[O-])ccc(C(=O)NC3CCCCC3)c12. The molecule has 7 heteroatoms. The molecule has 0 atom stereocenters. The third-order valence-corrected chi connectivity index (χ3v) is 10.3. The maximum Gasteiger partial charge on any atom is 0.252 e. The van der Waals surface area contributed by atoms with Crippen LogP contribution >= 0.6 is 0 Å². The van der Waals surface area contributed by atoms with Gasteiger partial charge >= 0.3 is 0 Å². The zero-order valence-electron chi connectivity index (χ0n) is 30.1. The molecule has 46 heavy (non-hydrogen) atoms. The minimum Gasteiger partial charge on any atom is -0.545 e. The molecule has 2 saturated carbocycles. The number of carbonyl (C=O) groups is 3. The summed E-state index contributed by atoms with van der Waals surface area (Å²) in [4.78, 5) is 41.8. The highest BCUT2D eigenvalue weighted by molar-refractivity contribution is 6.20. The van der Waals surface area contributed by atoms with E-state index in [0.29, 0.717) is 34.2 Å². The Balaban J connectivity index is 0.000000440. The second kappa shape index (κ2) is 21.2. The largest absolute Gasteiger partial charge is 0.545 e. The predicted octanol–water partition coefficient (Wildman–Crippen LogP) is 4.59. The summed E-state index contributed by atoms with van der Waals surface area (Å²) in [7, 11) is 0. The maximum absolute atomic E-state index is 13.3. The lowest BCUT2D eigenvalue weighted by molar-refractivity contribution is -0.894. The van der Waals surface area contributed by atoms with Crippen molar-refractivity contribution in [3.63, 3.8) is 0 Å². The van der Waals surface area contributed by atoms with Crippen molar-refractivity contribution in [2.24, 2.45) is 5.92 Å². The molecule has 0 aromatic heterocycles. The first-order valence-corrected chi connectivity index (χ1v) is 18.4. The third kappa shape index (κ3) is 11.8. The topological polar surface area (TPSA) is 95.2 Å². The predicted molar refractivity (Wildman–Crippen MR) is 188 cm³/mol. The van der Waals surface area contributed by atoms with Crippen molar-refractivity contribution in [3.8, 4) is 0 Å². The fourth-order valence-corrected chi connectivity index (χ4v) is 7.03. The van der Waals surface area contributed by atoms with E-state index in [0.717, 1.165) is 56.9 Å². The van der Waals surface area contributed by atoms with Gasteiger partial charge in [0.2, 0.25) is 0 Å². The van der Waals surface area contributed by atoms with Gasteiger partial charge < -0.3 is 25.0 Å². The maximum atomic E-state index is 13.3. The Bertz CT molecular complexity index is 1200. The molecule has 0 heterocycles. The van der Waals surface area contributed by atoms with Crippen molar-refractivity contribution in [2.75, 3.05) is 39.3 Å². The van der Waals surface area contributed by atoms with Crippen molar-refractivity contribution in [2.45, 2.75) is 125 Å². The van der Waals surface area contributed by atoms with E-state index < -0.39 is 5.97 Å². The summed E-state index contributed by atoms with van der Waals surface area (Å²) < 4.78 is 0. The van der Waals surface area contributed by atoms with Crippen LogP contribution in [0.3, 0.4) is 0 Å². The van der Waals surface area contributed by atoms with Gasteiger partial charge in [0.15, 0.2) is 5.78 Å². The number of carbonyl (C=O) groups excluding carboxylic acids is 3. The minimum absolute atomic E-state index is 0.0232. The lowest BCUT2D eigenvalue weighted by Gasteiger charge is -2.24. The zero-order chi connectivity index (χ0) is 34.1. The molecule has 0 radical (unpaired) electrons. The molecule has 0 aliphatic heterocycles. The fraction of sp³-hybridized carbons (Fsp3) is 0.667. The monoisotopic (exact) mass is 638 g/mol. The number of benzene rings is 2. The summed E-state index contributed by atoms with van der Waals surface area (Å²) >= 11 is 0. The van der Waals surface area contributed by atoms with Gasteiger partial charge in [-0.3, -0.25) is 9.59 Å². The number of ketones is 1. The van der Waals surface area contributed by atoms with Crippen molar-refractivity contribution >= 4 is 28.4 Å². The number of Topliss-reactive ketones (excluding diaryl/α,β-unsaturated/α-hetero) is 1. The van der Waals surface area contributed by atoms with Gasteiger partial charge in [-0.2, -0.15) is 0 Å². The Morgan fingerprint density at radius 3 is 1.57 bits per heavy atom. The highest BCUT2D eigenvalue weighted by atomic mass is 16.4. The summed E-state index contributed by atoms with van der Waals surface area (Å²) in [5.74, 6) is -1.23. The molecule has 0 unspecified atom stereocenters. The molecule has 2 aliphatic carbocycles. The molecule has 0 bridgehead atoms. The molecule has 1 amide bonds. The average molecular weight is 639 g/mol. The number of fused-ring (bicyclic) bond motifs is 1. The van der Waals surface area contributed by atoms with Crippen LogP contribution in [0.15, 0.2) is 24.3 Å². The van der Waals surface area contributed by atoms with Gasteiger partial charge in [0.25, 0.3) is 5.91 Å². The third-order valence-electron chi connectivity index (χ3n) is 10.3. The molecular weight excluding hydrogens is 574 g/mol. The summed E-state index contributed by atoms with van der Waals surface area (Å²) in [6, 6.07) is 6.67. The Labute approximate surface area is 279 Å². The van der Waals surface area contributed by atoms with Crippen LogP contribution in [0.4, 0.5) is 0 Å². The number of carboxylic acid groups (broad SMARTS) is 1. The van der Waals surface area contributed by atoms with Crippen LogP contribution in [0.5, 0.6) is 0 Å². The lowest BCUT2D eigenvalue weighted by Crippen LogP contribution is -3.11. The Hall–Kier alpha value is -2.77. The summed E-state index contributed by atoms with van der Waals surface area (Å²) in [6.07, 6.45) is 11.3. The number of aryl methyl sites for hydroxylation is 1. The highest BCUT2D eigenvalue weighted by Gasteiger charge is 2.24. The van der Waals surface area contributed by atoms with Crippen LogP contribution in [-0.4, -0.2) is 63.0 Å². The van der Waals surface area contributed by atoms with Crippen molar-refractivity contribution in [1.82, 2.24) is 5.32 Å². The summed E-state index contributed by atoms with van der Waals surface area (Å²) in [5, 5.41) is 16.0. The number of nitrogens with one attached hydrogen (secondary N) is 3. The standard InChI is InChI=1S/C27H33NO4.2C6H15N/c1-17-12-13-20(23(29)16-18-8-4-2-5-9-18)25-22(27(31)32)15-14-21(24(17)25)26(30)28-19-10-6-3-7-11-19;2*1-4-7(5-2)6-3/h12-15,18-19H,2-11,16H2,1H3,(H,28,30)(H,31,32);2*4-6H2,1-3H3/p+1. The molecule has 7 nitrogen and oxygen atoms in total. The number of carboxylic acids is 1. The van der Waals surface area contributed by atoms with E-state index in [1.807, 2.05) is 13.0 Å². The molecular formula is C39H64N3O4+. The average Bonchev–Trinajstić information content (AvgIpc) is 3.07. The van der Waals surface area contributed by atoms with E-state index in [4.69, 9.17) is 0 Å². The van der Waals surface area contributed by atoms with Crippen molar-refractivity contribution in [3.05, 3.63) is 46.5 Å². The van der Waals surface area contributed by atoms with Gasteiger partial charge in [0.1, 0.15) is 0 Å². The number of aromatic carboxylic acids is 1. The second-order valence-electron chi connectivity index (χ2n) is 13.2. The number of quaternary nitrogens is 2. The number of hydrogen-bond acceptors (Lipinski definition) is 4. The van der Waals surface area contributed by atoms with Gasteiger partial charge in [-0.05, 0) is 84.2 Å². The molecule has 258 valence electrons.